The zero-order chi connectivity index (χ0) is 25.8. The average Bonchev–Trinajstić information content (AvgIpc) is 3.43. The molecule has 0 bridgehead atoms. The molecule has 37 heavy (non-hydrogen) atoms. The van der Waals surface area contributed by atoms with Crippen molar-refractivity contribution < 1.29 is 8.81 Å². The molecule has 3 N–H and O–H groups in total. The number of aromatic nitrogens is 6. The summed E-state index contributed by atoms with van der Waals surface area (Å²) in [5.41, 5.74) is 10.5. The number of fused-ring (bicyclic) bond motifs is 2. The van der Waals surface area contributed by atoms with Gasteiger partial charge in [0.25, 0.3) is 0 Å². The maximum Gasteiger partial charge on any atom is 0.200 e. The van der Waals surface area contributed by atoms with Crippen molar-refractivity contribution in [3.05, 3.63) is 88.0 Å². The van der Waals surface area contributed by atoms with Crippen molar-refractivity contribution in [3.63, 3.8) is 0 Å². The van der Waals surface area contributed by atoms with E-state index in [0.29, 0.717) is 39.0 Å². The Balaban J connectivity index is 1.67. The zero-order valence-corrected chi connectivity index (χ0v) is 20.3. The molecular weight excluding hydrogens is 473 g/mol. The molecule has 0 saturated carbocycles. The van der Waals surface area contributed by atoms with Gasteiger partial charge in [-0.05, 0) is 50.6 Å². The van der Waals surface area contributed by atoms with E-state index < -0.39 is 11.9 Å². The molecule has 0 aliphatic carbocycles. The molecule has 0 aliphatic rings. The molecule has 9 nitrogen and oxygen atoms in total. The van der Waals surface area contributed by atoms with E-state index >= 15 is 0 Å². The lowest BCUT2D eigenvalue weighted by molar-refractivity contribution is 0.446. The first-order valence-corrected chi connectivity index (χ1v) is 11.7. The summed E-state index contributed by atoms with van der Waals surface area (Å²) < 4.78 is 22.2. The highest BCUT2D eigenvalue weighted by Gasteiger charge is 2.28. The Labute approximate surface area is 209 Å². The summed E-state index contributed by atoms with van der Waals surface area (Å²) in [6.07, 6.45) is 1.37. The van der Waals surface area contributed by atoms with Crippen molar-refractivity contribution in [2.24, 2.45) is 0 Å². The standard InChI is InChI=1S/C27H22FN7O2/c1-13-20(14(2)33-32-13)23-22-26(29)30-12-31-27(22)35(34-23)15(3)25-21(16-7-6-8-17(28)11-16)24(36)18-9-4-5-10-19(18)37-25/h4-12,15H,1-3H3,(H,32,33)(H2,29,30,31). The van der Waals surface area contributed by atoms with Crippen LogP contribution in [0.3, 0.4) is 0 Å². The fraction of sp³-hybridized carbons (Fsp3) is 0.148. The minimum absolute atomic E-state index is 0.258. The van der Waals surface area contributed by atoms with E-state index in [1.807, 2.05) is 20.8 Å². The minimum atomic E-state index is -0.617. The van der Waals surface area contributed by atoms with Crippen LogP contribution in [-0.2, 0) is 0 Å². The number of rotatable bonds is 4. The van der Waals surface area contributed by atoms with Crippen LogP contribution in [0.15, 0.2) is 64.1 Å². The number of hydrogen-bond acceptors (Lipinski definition) is 7. The Morgan fingerprint density at radius 3 is 2.65 bits per heavy atom. The molecule has 6 aromatic rings. The van der Waals surface area contributed by atoms with Crippen molar-refractivity contribution in [1.82, 2.24) is 29.9 Å². The lowest BCUT2D eigenvalue weighted by Gasteiger charge is -2.17. The number of nitrogens with zero attached hydrogens (tertiary/aromatic N) is 5. The van der Waals surface area contributed by atoms with Crippen molar-refractivity contribution in [3.8, 4) is 22.4 Å². The Hall–Kier alpha value is -4.86. The molecule has 0 fully saturated rings. The number of para-hydroxylation sites is 1. The maximum atomic E-state index is 14.3. The van der Waals surface area contributed by atoms with Crippen molar-refractivity contribution >= 4 is 27.8 Å². The smallest absolute Gasteiger partial charge is 0.200 e. The van der Waals surface area contributed by atoms with Gasteiger partial charge in [0.1, 0.15) is 41.0 Å². The highest BCUT2D eigenvalue weighted by atomic mass is 19.1. The second-order valence-corrected chi connectivity index (χ2v) is 8.91. The molecule has 0 saturated heterocycles. The molecule has 10 heteroatoms. The normalized spacial score (nSPS) is 12.4. The predicted octanol–water partition coefficient (Wildman–Crippen LogP) is 4.94. The van der Waals surface area contributed by atoms with E-state index in [2.05, 4.69) is 20.2 Å². The quantitative estimate of drug-likeness (QED) is 0.354. The van der Waals surface area contributed by atoms with Crippen molar-refractivity contribution in [1.29, 1.82) is 0 Å². The van der Waals surface area contributed by atoms with Crippen LogP contribution in [0.1, 0.15) is 30.1 Å². The number of nitrogen functional groups attached to an aromatic ring is 1. The maximum absolute atomic E-state index is 14.3. The van der Waals surface area contributed by atoms with Crippen molar-refractivity contribution in [2.45, 2.75) is 26.8 Å². The van der Waals surface area contributed by atoms with Crippen LogP contribution in [0.5, 0.6) is 0 Å². The summed E-state index contributed by atoms with van der Waals surface area (Å²) in [6.45, 7) is 5.62. The van der Waals surface area contributed by atoms with Crippen LogP contribution < -0.4 is 11.2 Å². The van der Waals surface area contributed by atoms with Gasteiger partial charge in [0.15, 0.2) is 5.65 Å². The lowest BCUT2D eigenvalue weighted by Crippen LogP contribution is -2.16. The molecule has 1 atom stereocenters. The topological polar surface area (TPSA) is 129 Å². The summed E-state index contributed by atoms with van der Waals surface area (Å²) in [4.78, 5) is 22.4. The Kier molecular flexibility index (Phi) is 5.11. The highest BCUT2D eigenvalue weighted by Crippen LogP contribution is 2.37. The van der Waals surface area contributed by atoms with Gasteiger partial charge >= 0.3 is 0 Å². The van der Waals surface area contributed by atoms with Gasteiger partial charge in [-0.1, -0.05) is 24.3 Å². The number of H-pyrrole nitrogens is 1. The number of anilines is 1. The van der Waals surface area contributed by atoms with Gasteiger partial charge < -0.3 is 10.2 Å². The predicted molar refractivity (Wildman–Crippen MR) is 138 cm³/mol. The van der Waals surface area contributed by atoms with Gasteiger partial charge in [0.2, 0.25) is 5.43 Å². The van der Waals surface area contributed by atoms with Crippen LogP contribution in [0.2, 0.25) is 0 Å². The number of halogens is 1. The van der Waals surface area contributed by atoms with E-state index in [1.54, 1.807) is 41.1 Å². The first-order chi connectivity index (χ1) is 17.8. The largest absolute Gasteiger partial charge is 0.458 e. The third-order valence-electron chi connectivity index (χ3n) is 6.57. The van der Waals surface area contributed by atoms with Gasteiger partial charge in [-0.3, -0.25) is 9.89 Å². The molecule has 184 valence electrons. The van der Waals surface area contributed by atoms with E-state index in [9.17, 15) is 9.18 Å². The number of benzene rings is 2. The third kappa shape index (κ3) is 3.48. The average molecular weight is 496 g/mol. The number of nitrogens with one attached hydrogen (secondary N) is 1. The summed E-state index contributed by atoms with van der Waals surface area (Å²) in [7, 11) is 0. The van der Waals surface area contributed by atoms with Crippen LogP contribution in [0, 0.1) is 19.7 Å². The van der Waals surface area contributed by atoms with Gasteiger partial charge in [-0.2, -0.15) is 10.2 Å². The van der Waals surface area contributed by atoms with E-state index in [-0.39, 0.29) is 16.8 Å². The summed E-state index contributed by atoms with van der Waals surface area (Å²) in [6, 6.07) is 12.3. The molecule has 0 amide bonds. The number of aryl methyl sites for hydroxylation is 2. The molecule has 1 unspecified atom stereocenters. The van der Waals surface area contributed by atoms with E-state index in [0.717, 1.165) is 17.0 Å². The molecule has 2 aromatic carbocycles. The molecule has 0 spiro atoms. The molecule has 4 heterocycles. The fourth-order valence-electron chi connectivity index (χ4n) is 4.82. The van der Waals surface area contributed by atoms with Gasteiger partial charge in [0.05, 0.1) is 22.0 Å². The summed E-state index contributed by atoms with van der Waals surface area (Å²) in [5, 5.41) is 13.1. The molecule has 0 aliphatic heterocycles. The van der Waals surface area contributed by atoms with Gasteiger partial charge in [0, 0.05) is 11.3 Å². The molecule has 6 rings (SSSR count). The molecule has 4 aromatic heterocycles. The number of nitrogens with two attached hydrogens (primary N) is 1. The number of hydrogen-bond donors (Lipinski definition) is 2. The van der Waals surface area contributed by atoms with Crippen LogP contribution in [0.4, 0.5) is 10.2 Å². The Morgan fingerprint density at radius 2 is 1.89 bits per heavy atom. The third-order valence-corrected chi connectivity index (χ3v) is 6.57. The minimum Gasteiger partial charge on any atom is -0.458 e. The highest BCUT2D eigenvalue weighted by molar-refractivity contribution is 5.99. The summed E-state index contributed by atoms with van der Waals surface area (Å²) in [5.74, 6) is 0.133. The second-order valence-electron chi connectivity index (χ2n) is 8.91. The number of aromatic amines is 1. The first kappa shape index (κ1) is 22.6. The first-order valence-electron chi connectivity index (χ1n) is 11.7. The second kappa shape index (κ2) is 8.37. The fourth-order valence-corrected chi connectivity index (χ4v) is 4.82. The molecule has 0 radical (unpaired) electrons. The SMILES string of the molecule is Cc1n[nH]c(C)c1-c1nn(C(C)c2oc3ccccc3c(=O)c2-c2cccc(F)c2)c2ncnc(N)c12. The summed E-state index contributed by atoms with van der Waals surface area (Å²) >= 11 is 0. The van der Waals surface area contributed by atoms with Crippen LogP contribution >= 0.6 is 0 Å². The monoisotopic (exact) mass is 495 g/mol. The Bertz CT molecular complexity index is 1870. The Morgan fingerprint density at radius 1 is 1.08 bits per heavy atom. The molecular formula is C27H22FN7O2. The van der Waals surface area contributed by atoms with E-state index in [4.69, 9.17) is 15.2 Å². The van der Waals surface area contributed by atoms with Crippen molar-refractivity contribution in [2.75, 3.05) is 5.73 Å². The van der Waals surface area contributed by atoms with Crippen LogP contribution in [0.25, 0.3) is 44.4 Å². The van der Waals surface area contributed by atoms with Crippen LogP contribution in [-0.4, -0.2) is 29.9 Å². The van der Waals surface area contributed by atoms with Gasteiger partial charge in [-0.25, -0.2) is 19.0 Å². The zero-order valence-electron chi connectivity index (χ0n) is 20.3. The van der Waals surface area contributed by atoms with Gasteiger partial charge in [-0.15, -0.1) is 0 Å². The van der Waals surface area contributed by atoms with E-state index in [1.165, 1.54) is 18.5 Å². The lowest BCUT2D eigenvalue weighted by atomic mass is 9.99.